The molecule has 0 radical (unpaired) electrons. The van der Waals surface area contributed by atoms with Crippen molar-refractivity contribution in [2.24, 2.45) is 0 Å². The summed E-state index contributed by atoms with van der Waals surface area (Å²) in [5.41, 5.74) is 1.19. The van der Waals surface area contributed by atoms with Crippen molar-refractivity contribution in [1.29, 1.82) is 0 Å². The topological polar surface area (TPSA) is 37.0 Å². The highest BCUT2D eigenvalue weighted by atomic mass is 35.5. The van der Waals surface area contributed by atoms with Crippen molar-refractivity contribution >= 4 is 40.5 Å². The fraction of sp³-hybridized carbons (Fsp3) is 0.154. The van der Waals surface area contributed by atoms with Gasteiger partial charge < -0.3 is 10.6 Å². The number of aromatic nitrogens is 1. The fourth-order valence-corrected chi connectivity index (χ4v) is 2.03. The molecule has 3 nitrogen and oxygen atoms in total. The van der Waals surface area contributed by atoms with Gasteiger partial charge in [0.25, 0.3) is 0 Å². The van der Waals surface area contributed by atoms with E-state index in [4.69, 9.17) is 23.2 Å². The summed E-state index contributed by atoms with van der Waals surface area (Å²) >= 11 is 12.0. The second kappa shape index (κ2) is 5.81. The van der Waals surface area contributed by atoms with Crippen LogP contribution in [0.3, 0.4) is 0 Å². The summed E-state index contributed by atoms with van der Waals surface area (Å²) in [5.74, 6) is -1.81. The Balaban J connectivity index is 2.42. The number of nitrogens with one attached hydrogen (secondary N) is 2. The number of hydrogen-bond donors (Lipinski definition) is 2. The van der Waals surface area contributed by atoms with E-state index in [-0.39, 0.29) is 11.6 Å². The van der Waals surface area contributed by atoms with E-state index in [0.717, 1.165) is 11.6 Å². The van der Waals surface area contributed by atoms with Gasteiger partial charge in [0.2, 0.25) is 0 Å². The van der Waals surface area contributed by atoms with Crippen LogP contribution in [-0.2, 0) is 0 Å². The lowest BCUT2D eigenvalue weighted by Crippen LogP contribution is -2.04. The third-order valence-electron chi connectivity index (χ3n) is 2.67. The van der Waals surface area contributed by atoms with Gasteiger partial charge in [-0.15, -0.1) is 0 Å². The van der Waals surface area contributed by atoms with Crippen LogP contribution in [0, 0.1) is 18.6 Å². The zero-order chi connectivity index (χ0) is 14.9. The SMILES string of the molecule is CNc1nc(Nc2cc(Cl)c(C)cc2Cl)c(F)cc1F. The van der Waals surface area contributed by atoms with E-state index < -0.39 is 11.6 Å². The molecule has 0 unspecified atom stereocenters. The van der Waals surface area contributed by atoms with Gasteiger partial charge in [0, 0.05) is 18.1 Å². The highest BCUT2D eigenvalue weighted by molar-refractivity contribution is 6.35. The third kappa shape index (κ3) is 2.94. The van der Waals surface area contributed by atoms with E-state index in [2.05, 4.69) is 15.6 Å². The van der Waals surface area contributed by atoms with Crippen LogP contribution in [0.4, 0.5) is 26.1 Å². The molecule has 0 aliphatic rings. The first-order valence-corrected chi connectivity index (χ1v) is 6.44. The summed E-state index contributed by atoms with van der Waals surface area (Å²) in [6, 6.07) is 3.94. The molecule has 1 aromatic carbocycles. The van der Waals surface area contributed by atoms with E-state index in [1.807, 2.05) is 0 Å². The standard InChI is InChI=1S/C13H11Cl2F2N3/c1-6-3-8(15)11(4-7(6)14)19-13-10(17)5-9(16)12(18-2)20-13/h3-5H,1-2H3,(H2,18,19,20). The van der Waals surface area contributed by atoms with Gasteiger partial charge in [-0.2, -0.15) is 0 Å². The Morgan fingerprint density at radius 2 is 1.65 bits per heavy atom. The van der Waals surface area contributed by atoms with Crippen molar-refractivity contribution in [1.82, 2.24) is 4.98 Å². The first-order valence-electron chi connectivity index (χ1n) is 5.69. The molecule has 0 aliphatic heterocycles. The zero-order valence-electron chi connectivity index (χ0n) is 10.7. The van der Waals surface area contributed by atoms with E-state index in [1.54, 1.807) is 19.1 Å². The van der Waals surface area contributed by atoms with E-state index in [0.29, 0.717) is 15.7 Å². The van der Waals surface area contributed by atoms with Crippen LogP contribution in [0.1, 0.15) is 5.56 Å². The van der Waals surface area contributed by atoms with Crippen LogP contribution in [0.2, 0.25) is 10.0 Å². The first kappa shape index (κ1) is 14.8. The van der Waals surface area contributed by atoms with E-state index in [1.165, 1.54) is 7.05 Å². The molecule has 0 saturated heterocycles. The smallest absolute Gasteiger partial charge is 0.169 e. The number of pyridine rings is 1. The minimum Gasteiger partial charge on any atom is -0.371 e. The quantitative estimate of drug-likeness (QED) is 0.857. The van der Waals surface area contributed by atoms with Gasteiger partial charge in [-0.05, 0) is 24.6 Å². The van der Waals surface area contributed by atoms with Crippen molar-refractivity contribution < 1.29 is 8.78 Å². The highest BCUT2D eigenvalue weighted by Gasteiger charge is 2.13. The molecular formula is C13H11Cl2F2N3. The van der Waals surface area contributed by atoms with E-state index in [9.17, 15) is 8.78 Å². The number of halogens is 4. The van der Waals surface area contributed by atoms with Crippen LogP contribution in [-0.4, -0.2) is 12.0 Å². The average Bonchev–Trinajstić information content (AvgIpc) is 2.38. The van der Waals surface area contributed by atoms with Gasteiger partial charge in [0.05, 0.1) is 10.7 Å². The summed E-state index contributed by atoms with van der Waals surface area (Å²) in [6.07, 6.45) is 0. The third-order valence-corrected chi connectivity index (χ3v) is 3.39. The Bertz CT molecular complexity index is 663. The van der Waals surface area contributed by atoms with Crippen LogP contribution in [0.25, 0.3) is 0 Å². The molecule has 0 aliphatic carbocycles. The second-order valence-electron chi connectivity index (χ2n) is 4.11. The summed E-state index contributed by atoms with van der Waals surface area (Å²) in [5, 5.41) is 6.08. The predicted molar refractivity (Wildman–Crippen MR) is 78.2 cm³/mol. The molecule has 2 aromatic rings. The maximum absolute atomic E-state index is 13.7. The number of rotatable bonds is 3. The second-order valence-corrected chi connectivity index (χ2v) is 4.92. The fourth-order valence-electron chi connectivity index (χ4n) is 1.60. The Labute approximate surface area is 124 Å². The minimum atomic E-state index is -0.825. The average molecular weight is 318 g/mol. The number of nitrogens with zero attached hydrogens (tertiary/aromatic N) is 1. The van der Waals surface area contributed by atoms with Crippen LogP contribution in [0.5, 0.6) is 0 Å². The van der Waals surface area contributed by atoms with Crippen LogP contribution in [0.15, 0.2) is 18.2 Å². The molecule has 1 heterocycles. The first-order chi connectivity index (χ1) is 9.42. The van der Waals surface area contributed by atoms with Crippen molar-refractivity contribution in [3.63, 3.8) is 0 Å². The number of hydrogen-bond acceptors (Lipinski definition) is 3. The van der Waals surface area contributed by atoms with Gasteiger partial charge in [0.15, 0.2) is 23.3 Å². The van der Waals surface area contributed by atoms with Gasteiger partial charge >= 0.3 is 0 Å². The maximum Gasteiger partial charge on any atom is 0.169 e. The molecule has 1 aromatic heterocycles. The lowest BCUT2D eigenvalue weighted by Gasteiger charge is -2.12. The zero-order valence-corrected chi connectivity index (χ0v) is 12.2. The summed E-state index contributed by atoms with van der Waals surface area (Å²) in [7, 11) is 1.49. The molecule has 0 saturated carbocycles. The normalized spacial score (nSPS) is 10.5. The molecule has 0 spiro atoms. The minimum absolute atomic E-state index is 0.0665. The predicted octanol–water partition coefficient (Wildman–Crippen LogP) is 4.76. The van der Waals surface area contributed by atoms with E-state index >= 15 is 0 Å². The Hall–Kier alpha value is -1.59. The van der Waals surface area contributed by atoms with Gasteiger partial charge in [-0.3, -0.25) is 0 Å². The van der Waals surface area contributed by atoms with Crippen molar-refractivity contribution in [3.8, 4) is 0 Å². The van der Waals surface area contributed by atoms with Crippen LogP contribution < -0.4 is 10.6 Å². The van der Waals surface area contributed by atoms with Crippen LogP contribution >= 0.6 is 23.2 Å². The molecule has 20 heavy (non-hydrogen) atoms. The van der Waals surface area contributed by atoms with Crippen molar-refractivity contribution in [3.05, 3.63) is 45.4 Å². The molecular weight excluding hydrogens is 307 g/mol. The molecule has 0 amide bonds. The largest absolute Gasteiger partial charge is 0.371 e. The summed E-state index contributed by atoms with van der Waals surface area (Å²) in [6.45, 7) is 1.80. The molecule has 0 fully saturated rings. The maximum atomic E-state index is 13.7. The van der Waals surface area contributed by atoms with Crippen molar-refractivity contribution in [2.45, 2.75) is 6.92 Å². The highest BCUT2D eigenvalue weighted by Crippen LogP contribution is 2.31. The number of anilines is 3. The Morgan fingerprint density at radius 3 is 2.30 bits per heavy atom. The monoisotopic (exact) mass is 317 g/mol. The molecule has 106 valence electrons. The van der Waals surface area contributed by atoms with Gasteiger partial charge in [0.1, 0.15) is 0 Å². The number of benzene rings is 1. The van der Waals surface area contributed by atoms with Gasteiger partial charge in [-0.1, -0.05) is 23.2 Å². The number of aryl methyl sites for hydroxylation is 1. The lowest BCUT2D eigenvalue weighted by molar-refractivity contribution is 0.580. The lowest BCUT2D eigenvalue weighted by atomic mass is 10.2. The molecule has 2 rings (SSSR count). The Kier molecular flexibility index (Phi) is 4.30. The van der Waals surface area contributed by atoms with Crippen molar-refractivity contribution in [2.75, 3.05) is 17.7 Å². The summed E-state index contributed by atoms with van der Waals surface area (Å²) < 4.78 is 27.0. The molecule has 0 bridgehead atoms. The van der Waals surface area contributed by atoms with Gasteiger partial charge in [-0.25, -0.2) is 13.8 Å². The molecule has 2 N–H and O–H groups in total. The summed E-state index contributed by atoms with van der Waals surface area (Å²) in [4.78, 5) is 3.80. The Morgan fingerprint density at radius 1 is 1.00 bits per heavy atom. The molecule has 7 heteroatoms. The molecule has 0 atom stereocenters.